The number of anilines is 1. The van der Waals surface area contributed by atoms with Gasteiger partial charge in [-0.3, -0.25) is 9.58 Å². The number of likely N-dealkylation sites (tertiary alicyclic amines) is 1. The average molecular weight is 306 g/mol. The summed E-state index contributed by atoms with van der Waals surface area (Å²) in [5, 5.41) is 7.48. The molecule has 2 heterocycles. The fraction of sp³-hybridized carbons (Fsp3) is 0.438. The zero-order valence-electron chi connectivity index (χ0n) is 12.6. The molecule has 2 aromatic rings. The van der Waals surface area contributed by atoms with E-state index in [2.05, 4.69) is 15.3 Å². The number of nitrogens with zero attached hydrogens (tertiary/aromatic N) is 3. The Morgan fingerprint density at radius 2 is 2.18 bits per heavy atom. The SMILES string of the molecule is Cn1cc(CN2CCC[C@H](Nc3ccc(F)c(F)c3)C2)cn1. The number of aromatic nitrogens is 2. The molecule has 4 nitrogen and oxygen atoms in total. The van der Waals surface area contributed by atoms with E-state index in [0.29, 0.717) is 5.69 Å². The van der Waals surface area contributed by atoms with Crippen molar-refractivity contribution < 1.29 is 8.78 Å². The highest BCUT2D eigenvalue weighted by molar-refractivity contribution is 5.44. The molecule has 0 amide bonds. The van der Waals surface area contributed by atoms with E-state index >= 15 is 0 Å². The van der Waals surface area contributed by atoms with Gasteiger partial charge in [0, 0.05) is 49.7 Å². The second-order valence-corrected chi connectivity index (χ2v) is 5.87. The van der Waals surface area contributed by atoms with Crippen LogP contribution in [0.1, 0.15) is 18.4 Å². The van der Waals surface area contributed by atoms with E-state index in [0.717, 1.165) is 38.5 Å². The molecule has 1 fully saturated rings. The van der Waals surface area contributed by atoms with Gasteiger partial charge in [-0.25, -0.2) is 8.78 Å². The van der Waals surface area contributed by atoms with Crippen LogP contribution in [0.4, 0.5) is 14.5 Å². The first-order valence-corrected chi connectivity index (χ1v) is 7.51. The summed E-state index contributed by atoms with van der Waals surface area (Å²) in [5.41, 5.74) is 1.82. The van der Waals surface area contributed by atoms with Crippen LogP contribution in [0, 0.1) is 11.6 Å². The molecule has 0 spiro atoms. The van der Waals surface area contributed by atoms with Crippen LogP contribution in [0.25, 0.3) is 0 Å². The third-order valence-electron chi connectivity index (χ3n) is 3.96. The van der Waals surface area contributed by atoms with Crippen LogP contribution in [0.2, 0.25) is 0 Å². The van der Waals surface area contributed by atoms with E-state index < -0.39 is 11.6 Å². The highest BCUT2D eigenvalue weighted by atomic mass is 19.2. The van der Waals surface area contributed by atoms with Gasteiger partial charge in [0.15, 0.2) is 11.6 Å². The van der Waals surface area contributed by atoms with Crippen LogP contribution >= 0.6 is 0 Å². The van der Waals surface area contributed by atoms with Gasteiger partial charge in [-0.1, -0.05) is 0 Å². The van der Waals surface area contributed by atoms with Gasteiger partial charge in [0.25, 0.3) is 0 Å². The predicted molar refractivity (Wildman–Crippen MR) is 81.5 cm³/mol. The number of nitrogens with one attached hydrogen (secondary N) is 1. The van der Waals surface area contributed by atoms with Gasteiger partial charge in [-0.05, 0) is 31.5 Å². The Morgan fingerprint density at radius 1 is 1.32 bits per heavy atom. The summed E-state index contributed by atoms with van der Waals surface area (Å²) >= 11 is 0. The van der Waals surface area contributed by atoms with Crippen molar-refractivity contribution in [2.75, 3.05) is 18.4 Å². The lowest BCUT2D eigenvalue weighted by molar-refractivity contribution is 0.208. The first kappa shape index (κ1) is 15.0. The van der Waals surface area contributed by atoms with E-state index in [1.807, 2.05) is 19.4 Å². The standard InChI is InChI=1S/C16H20F2N4/c1-21-9-12(8-19-21)10-22-6-2-3-14(11-22)20-13-4-5-15(17)16(18)7-13/h4-5,7-9,14,20H,2-3,6,10-11H2,1H3/t14-/m0/s1. The molecule has 1 N–H and O–H groups in total. The summed E-state index contributed by atoms with van der Waals surface area (Å²) in [4.78, 5) is 2.36. The molecule has 0 radical (unpaired) electrons. The average Bonchev–Trinajstić information content (AvgIpc) is 2.89. The predicted octanol–water partition coefficient (Wildman–Crippen LogP) is 2.77. The molecule has 3 rings (SSSR count). The number of hydrogen-bond acceptors (Lipinski definition) is 3. The van der Waals surface area contributed by atoms with Gasteiger partial charge in [0.05, 0.1) is 6.20 Å². The zero-order valence-corrected chi connectivity index (χ0v) is 12.6. The fourth-order valence-corrected chi connectivity index (χ4v) is 2.95. The Labute approximate surface area is 128 Å². The van der Waals surface area contributed by atoms with Gasteiger partial charge in [-0.2, -0.15) is 5.10 Å². The molecule has 1 aromatic carbocycles. The molecule has 0 bridgehead atoms. The van der Waals surface area contributed by atoms with Crippen LogP contribution in [0.3, 0.4) is 0 Å². The normalized spacial score (nSPS) is 19.3. The summed E-state index contributed by atoms with van der Waals surface area (Å²) in [7, 11) is 1.91. The molecule has 22 heavy (non-hydrogen) atoms. The molecule has 1 aromatic heterocycles. The molecule has 1 aliphatic heterocycles. The number of benzene rings is 1. The van der Waals surface area contributed by atoms with Gasteiger partial charge in [0.1, 0.15) is 0 Å². The van der Waals surface area contributed by atoms with Crippen LogP contribution in [0.15, 0.2) is 30.6 Å². The third kappa shape index (κ3) is 3.62. The largest absolute Gasteiger partial charge is 0.381 e. The monoisotopic (exact) mass is 306 g/mol. The Kier molecular flexibility index (Phi) is 4.38. The minimum Gasteiger partial charge on any atom is -0.381 e. The number of halogens is 2. The topological polar surface area (TPSA) is 33.1 Å². The van der Waals surface area contributed by atoms with Crippen molar-refractivity contribution in [1.82, 2.24) is 14.7 Å². The third-order valence-corrected chi connectivity index (χ3v) is 3.96. The zero-order chi connectivity index (χ0) is 15.5. The molecule has 1 saturated heterocycles. The second kappa shape index (κ2) is 6.44. The molecule has 1 atom stereocenters. The van der Waals surface area contributed by atoms with Crippen molar-refractivity contribution in [3.05, 3.63) is 47.8 Å². The molecule has 6 heteroatoms. The maximum Gasteiger partial charge on any atom is 0.160 e. The second-order valence-electron chi connectivity index (χ2n) is 5.87. The summed E-state index contributed by atoms with van der Waals surface area (Å²) < 4.78 is 28.0. The first-order valence-electron chi connectivity index (χ1n) is 7.51. The Balaban J connectivity index is 1.59. The van der Waals surface area contributed by atoms with Crippen molar-refractivity contribution in [2.24, 2.45) is 7.05 Å². The Hall–Kier alpha value is -1.95. The fourth-order valence-electron chi connectivity index (χ4n) is 2.95. The summed E-state index contributed by atoms with van der Waals surface area (Å²) in [6, 6.07) is 4.21. The van der Waals surface area contributed by atoms with Gasteiger partial charge in [0.2, 0.25) is 0 Å². The molecule has 118 valence electrons. The van der Waals surface area contributed by atoms with Crippen molar-refractivity contribution in [3.63, 3.8) is 0 Å². The van der Waals surface area contributed by atoms with Crippen molar-refractivity contribution in [3.8, 4) is 0 Å². The van der Waals surface area contributed by atoms with Crippen LogP contribution in [-0.4, -0.2) is 33.8 Å². The molecule has 0 aliphatic carbocycles. The quantitative estimate of drug-likeness (QED) is 0.943. The minimum atomic E-state index is -0.813. The van der Waals surface area contributed by atoms with Crippen LogP contribution in [-0.2, 0) is 13.6 Å². The molecular weight excluding hydrogens is 286 g/mol. The lowest BCUT2D eigenvalue weighted by Crippen LogP contribution is -2.41. The van der Waals surface area contributed by atoms with E-state index in [1.54, 1.807) is 10.7 Å². The van der Waals surface area contributed by atoms with Crippen molar-refractivity contribution >= 4 is 5.69 Å². The minimum absolute atomic E-state index is 0.246. The van der Waals surface area contributed by atoms with E-state index in [-0.39, 0.29) is 6.04 Å². The van der Waals surface area contributed by atoms with Crippen molar-refractivity contribution in [1.29, 1.82) is 0 Å². The number of piperidine rings is 1. The molecule has 0 unspecified atom stereocenters. The highest BCUT2D eigenvalue weighted by Crippen LogP contribution is 2.19. The molecular formula is C16H20F2N4. The lowest BCUT2D eigenvalue weighted by Gasteiger charge is -2.33. The van der Waals surface area contributed by atoms with E-state index in [1.165, 1.54) is 11.6 Å². The number of aryl methyl sites for hydroxylation is 1. The highest BCUT2D eigenvalue weighted by Gasteiger charge is 2.20. The number of hydrogen-bond donors (Lipinski definition) is 1. The van der Waals surface area contributed by atoms with Crippen LogP contribution in [0.5, 0.6) is 0 Å². The van der Waals surface area contributed by atoms with E-state index in [9.17, 15) is 8.78 Å². The molecule has 1 aliphatic rings. The maximum atomic E-state index is 13.3. The van der Waals surface area contributed by atoms with Crippen LogP contribution < -0.4 is 5.32 Å². The van der Waals surface area contributed by atoms with E-state index in [4.69, 9.17) is 0 Å². The Bertz CT molecular complexity index is 641. The number of rotatable bonds is 4. The smallest absolute Gasteiger partial charge is 0.160 e. The summed E-state index contributed by atoms with van der Waals surface area (Å²) in [6.45, 7) is 2.79. The lowest BCUT2D eigenvalue weighted by atomic mass is 10.0. The first-order chi connectivity index (χ1) is 10.6. The molecule has 0 saturated carbocycles. The van der Waals surface area contributed by atoms with Gasteiger partial charge < -0.3 is 5.32 Å². The van der Waals surface area contributed by atoms with Crippen molar-refractivity contribution in [2.45, 2.75) is 25.4 Å². The van der Waals surface area contributed by atoms with Gasteiger partial charge >= 0.3 is 0 Å². The Morgan fingerprint density at radius 3 is 2.91 bits per heavy atom. The van der Waals surface area contributed by atoms with Gasteiger partial charge in [-0.15, -0.1) is 0 Å². The maximum absolute atomic E-state index is 13.3. The summed E-state index contributed by atoms with van der Waals surface area (Å²) in [6.07, 6.45) is 6.02. The summed E-state index contributed by atoms with van der Waals surface area (Å²) in [5.74, 6) is -1.62.